The molecule has 0 unspecified atom stereocenters. The lowest BCUT2D eigenvalue weighted by molar-refractivity contribution is 0.479. The molecule has 0 heterocycles. The standard InChI is InChI=1S/C14H14BrNO/c15-13-6-1-2-7-14(13)17-12-5-3-4-11(10-12)8-9-16/h1-7,10H,8-9,16H2. The van der Waals surface area contributed by atoms with Gasteiger partial charge in [0.2, 0.25) is 0 Å². The Labute approximate surface area is 110 Å². The normalized spacial score (nSPS) is 10.2. The summed E-state index contributed by atoms with van der Waals surface area (Å²) in [6, 6.07) is 15.8. The van der Waals surface area contributed by atoms with Gasteiger partial charge in [-0.05, 0) is 58.7 Å². The summed E-state index contributed by atoms with van der Waals surface area (Å²) in [5.41, 5.74) is 6.73. The van der Waals surface area contributed by atoms with Gasteiger partial charge in [0.05, 0.1) is 4.47 Å². The third-order valence-corrected chi connectivity index (χ3v) is 3.05. The van der Waals surface area contributed by atoms with Gasteiger partial charge in [0.15, 0.2) is 0 Å². The highest BCUT2D eigenvalue weighted by Crippen LogP contribution is 2.29. The van der Waals surface area contributed by atoms with Crippen LogP contribution >= 0.6 is 15.9 Å². The first-order chi connectivity index (χ1) is 8.29. The van der Waals surface area contributed by atoms with Crippen molar-refractivity contribution in [2.45, 2.75) is 6.42 Å². The summed E-state index contributed by atoms with van der Waals surface area (Å²) in [7, 11) is 0. The van der Waals surface area contributed by atoms with Gasteiger partial charge in [0.25, 0.3) is 0 Å². The molecule has 0 amide bonds. The molecule has 0 saturated carbocycles. The minimum absolute atomic E-state index is 0.651. The van der Waals surface area contributed by atoms with E-state index in [2.05, 4.69) is 22.0 Å². The molecular formula is C14H14BrNO. The number of halogens is 1. The molecule has 2 N–H and O–H groups in total. The summed E-state index contributed by atoms with van der Waals surface area (Å²) in [5, 5.41) is 0. The molecule has 0 aliphatic rings. The fourth-order valence-corrected chi connectivity index (χ4v) is 1.95. The van der Waals surface area contributed by atoms with E-state index in [1.807, 2.05) is 42.5 Å². The summed E-state index contributed by atoms with van der Waals surface area (Å²) in [4.78, 5) is 0. The maximum Gasteiger partial charge on any atom is 0.141 e. The zero-order valence-corrected chi connectivity index (χ0v) is 11.0. The predicted octanol–water partition coefficient (Wildman–Crippen LogP) is 3.74. The van der Waals surface area contributed by atoms with E-state index in [-0.39, 0.29) is 0 Å². The number of hydrogen-bond acceptors (Lipinski definition) is 2. The zero-order chi connectivity index (χ0) is 12.1. The van der Waals surface area contributed by atoms with Crippen LogP contribution in [0.25, 0.3) is 0 Å². The highest BCUT2D eigenvalue weighted by molar-refractivity contribution is 9.10. The quantitative estimate of drug-likeness (QED) is 0.931. The van der Waals surface area contributed by atoms with Crippen LogP contribution in [0.3, 0.4) is 0 Å². The smallest absolute Gasteiger partial charge is 0.141 e. The average molecular weight is 292 g/mol. The highest BCUT2D eigenvalue weighted by atomic mass is 79.9. The maximum atomic E-state index is 5.81. The van der Waals surface area contributed by atoms with Crippen molar-refractivity contribution in [1.29, 1.82) is 0 Å². The molecule has 2 aromatic carbocycles. The molecule has 0 atom stereocenters. The Morgan fingerprint density at radius 3 is 2.65 bits per heavy atom. The summed E-state index contributed by atoms with van der Waals surface area (Å²) in [5.74, 6) is 1.65. The molecule has 0 bridgehead atoms. The lowest BCUT2D eigenvalue weighted by Crippen LogP contribution is -2.02. The second kappa shape index (κ2) is 5.84. The lowest BCUT2D eigenvalue weighted by Gasteiger charge is -2.08. The molecule has 0 aliphatic heterocycles. The summed E-state index contributed by atoms with van der Waals surface area (Å²) >= 11 is 3.46. The fourth-order valence-electron chi connectivity index (χ4n) is 1.59. The molecule has 17 heavy (non-hydrogen) atoms. The topological polar surface area (TPSA) is 35.2 Å². The van der Waals surface area contributed by atoms with Crippen molar-refractivity contribution in [2.75, 3.05) is 6.54 Å². The van der Waals surface area contributed by atoms with Gasteiger partial charge in [-0.3, -0.25) is 0 Å². The molecule has 0 aromatic heterocycles. The van der Waals surface area contributed by atoms with Crippen molar-refractivity contribution < 1.29 is 4.74 Å². The van der Waals surface area contributed by atoms with Crippen LogP contribution in [0.2, 0.25) is 0 Å². The van der Waals surface area contributed by atoms with E-state index in [4.69, 9.17) is 10.5 Å². The van der Waals surface area contributed by atoms with Crippen molar-refractivity contribution in [3.63, 3.8) is 0 Å². The van der Waals surface area contributed by atoms with Crippen molar-refractivity contribution in [3.8, 4) is 11.5 Å². The van der Waals surface area contributed by atoms with E-state index in [9.17, 15) is 0 Å². The Morgan fingerprint density at radius 2 is 1.88 bits per heavy atom. The molecule has 2 nitrogen and oxygen atoms in total. The Balaban J connectivity index is 2.18. The summed E-state index contributed by atoms with van der Waals surface area (Å²) in [6.45, 7) is 0.651. The van der Waals surface area contributed by atoms with Crippen LogP contribution in [0.5, 0.6) is 11.5 Å². The second-order valence-electron chi connectivity index (χ2n) is 3.72. The molecule has 2 rings (SSSR count). The number of nitrogens with two attached hydrogens (primary N) is 1. The molecule has 0 aliphatic carbocycles. The van der Waals surface area contributed by atoms with Crippen LogP contribution in [0.4, 0.5) is 0 Å². The lowest BCUT2D eigenvalue weighted by atomic mass is 10.1. The van der Waals surface area contributed by atoms with Crippen molar-refractivity contribution in [1.82, 2.24) is 0 Å². The van der Waals surface area contributed by atoms with Crippen molar-refractivity contribution in [3.05, 3.63) is 58.6 Å². The number of para-hydroxylation sites is 1. The van der Waals surface area contributed by atoms with E-state index in [1.54, 1.807) is 0 Å². The van der Waals surface area contributed by atoms with Crippen LogP contribution in [-0.4, -0.2) is 6.54 Å². The van der Waals surface area contributed by atoms with Gasteiger partial charge < -0.3 is 10.5 Å². The Bertz CT molecular complexity index is 499. The van der Waals surface area contributed by atoms with E-state index >= 15 is 0 Å². The van der Waals surface area contributed by atoms with Crippen LogP contribution in [-0.2, 0) is 6.42 Å². The Kier molecular flexibility index (Phi) is 4.18. The highest BCUT2D eigenvalue weighted by Gasteiger charge is 2.02. The number of ether oxygens (including phenoxy) is 1. The molecule has 2 aromatic rings. The fraction of sp³-hybridized carbons (Fsp3) is 0.143. The van der Waals surface area contributed by atoms with Gasteiger partial charge >= 0.3 is 0 Å². The molecule has 0 radical (unpaired) electrons. The van der Waals surface area contributed by atoms with E-state index in [0.717, 1.165) is 22.4 Å². The Morgan fingerprint density at radius 1 is 1.06 bits per heavy atom. The minimum atomic E-state index is 0.651. The largest absolute Gasteiger partial charge is 0.456 e. The maximum absolute atomic E-state index is 5.81. The summed E-state index contributed by atoms with van der Waals surface area (Å²) in [6.07, 6.45) is 0.868. The Hall–Kier alpha value is -1.32. The van der Waals surface area contributed by atoms with Gasteiger partial charge in [-0.2, -0.15) is 0 Å². The van der Waals surface area contributed by atoms with Gasteiger partial charge in [-0.15, -0.1) is 0 Å². The second-order valence-corrected chi connectivity index (χ2v) is 4.57. The van der Waals surface area contributed by atoms with E-state index in [0.29, 0.717) is 6.54 Å². The third kappa shape index (κ3) is 3.32. The number of benzene rings is 2. The van der Waals surface area contributed by atoms with Crippen LogP contribution in [0.1, 0.15) is 5.56 Å². The number of rotatable bonds is 4. The molecule has 0 fully saturated rings. The first kappa shape index (κ1) is 12.1. The third-order valence-electron chi connectivity index (χ3n) is 2.40. The van der Waals surface area contributed by atoms with Gasteiger partial charge in [0.1, 0.15) is 11.5 Å². The van der Waals surface area contributed by atoms with Crippen LogP contribution in [0.15, 0.2) is 53.0 Å². The average Bonchev–Trinajstić information content (AvgIpc) is 2.33. The first-order valence-electron chi connectivity index (χ1n) is 5.51. The molecule has 0 saturated heterocycles. The van der Waals surface area contributed by atoms with Crippen LogP contribution < -0.4 is 10.5 Å². The van der Waals surface area contributed by atoms with E-state index < -0.39 is 0 Å². The SMILES string of the molecule is NCCc1cccc(Oc2ccccc2Br)c1. The molecule has 0 spiro atoms. The van der Waals surface area contributed by atoms with Crippen LogP contribution in [0, 0.1) is 0 Å². The number of hydrogen-bond donors (Lipinski definition) is 1. The first-order valence-corrected chi connectivity index (χ1v) is 6.30. The summed E-state index contributed by atoms with van der Waals surface area (Å²) < 4.78 is 6.76. The van der Waals surface area contributed by atoms with Crippen molar-refractivity contribution in [2.24, 2.45) is 5.73 Å². The zero-order valence-electron chi connectivity index (χ0n) is 9.40. The van der Waals surface area contributed by atoms with Gasteiger partial charge in [0, 0.05) is 0 Å². The van der Waals surface area contributed by atoms with Gasteiger partial charge in [-0.25, -0.2) is 0 Å². The van der Waals surface area contributed by atoms with E-state index in [1.165, 1.54) is 5.56 Å². The minimum Gasteiger partial charge on any atom is -0.456 e. The molecular weight excluding hydrogens is 278 g/mol. The molecule has 3 heteroatoms. The molecule has 88 valence electrons. The predicted molar refractivity (Wildman–Crippen MR) is 73.4 cm³/mol. The monoisotopic (exact) mass is 291 g/mol. The van der Waals surface area contributed by atoms with Crippen molar-refractivity contribution >= 4 is 15.9 Å². The van der Waals surface area contributed by atoms with Gasteiger partial charge in [-0.1, -0.05) is 24.3 Å².